The molecule has 1 N–H and O–H groups in total. The van der Waals surface area contributed by atoms with Gasteiger partial charge in [0.1, 0.15) is 5.75 Å². The number of aromatic nitrogens is 2. The highest BCUT2D eigenvalue weighted by atomic mass is 35.5. The van der Waals surface area contributed by atoms with E-state index in [2.05, 4.69) is 52.7 Å². The molecule has 0 amide bonds. The van der Waals surface area contributed by atoms with Crippen LogP contribution >= 0.6 is 23.8 Å². The molecule has 1 saturated heterocycles. The predicted molar refractivity (Wildman–Crippen MR) is 146 cm³/mol. The zero-order chi connectivity index (χ0) is 24.7. The number of aryl methyl sites for hydroxylation is 2. The summed E-state index contributed by atoms with van der Waals surface area (Å²) in [6.45, 7) is 6.40. The Morgan fingerprint density at radius 3 is 2.46 bits per heavy atom. The molecule has 0 spiro atoms. The van der Waals surface area contributed by atoms with E-state index in [0.29, 0.717) is 5.11 Å². The molecule has 5 rings (SSSR count). The van der Waals surface area contributed by atoms with Gasteiger partial charge in [0, 0.05) is 34.0 Å². The number of hydrogen-bond acceptors (Lipinski definition) is 3. The largest absolute Gasteiger partial charge is 0.497 e. The molecule has 35 heavy (non-hydrogen) atoms. The van der Waals surface area contributed by atoms with Crippen molar-refractivity contribution in [2.24, 2.45) is 0 Å². The molecule has 5 nitrogen and oxygen atoms in total. The van der Waals surface area contributed by atoms with Gasteiger partial charge in [-0.3, -0.25) is 4.98 Å². The van der Waals surface area contributed by atoms with Crippen LogP contribution in [0.1, 0.15) is 40.3 Å². The monoisotopic (exact) mass is 502 g/mol. The predicted octanol–water partition coefficient (Wildman–Crippen LogP) is 6.64. The van der Waals surface area contributed by atoms with Crippen molar-refractivity contribution in [1.29, 1.82) is 0 Å². The number of pyridine rings is 1. The molecule has 3 heterocycles. The molecule has 2 aromatic heterocycles. The van der Waals surface area contributed by atoms with Gasteiger partial charge in [0.05, 0.1) is 24.9 Å². The van der Waals surface area contributed by atoms with Crippen molar-refractivity contribution in [2.45, 2.75) is 32.9 Å². The van der Waals surface area contributed by atoms with Crippen molar-refractivity contribution < 1.29 is 4.74 Å². The van der Waals surface area contributed by atoms with Crippen LogP contribution in [0.5, 0.6) is 5.75 Å². The van der Waals surface area contributed by atoms with Crippen LogP contribution < -0.4 is 15.0 Å². The SMILES string of the molecule is COc1ccc(N2C(=S)NC(c3ccccn3)C2c2cc(C)n(-c3cc(Cl)ccc3C)c2C)cc1. The van der Waals surface area contributed by atoms with Gasteiger partial charge >= 0.3 is 0 Å². The van der Waals surface area contributed by atoms with E-state index in [1.165, 1.54) is 5.56 Å². The standard InChI is InChI=1S/C28H27ClN4OS/c1-17-8-9-20(29)16-25(17)32-18(2)15-23(19(32)3)27-26(24-7-5-6-14-30-24)31-28(35)33(27)21-10-12-22(34-4)13-11-21/h5-16,26-27H,1-4H3,(H,31,35). The first kappa shape index (κ1) is 23.4. The summed E-state index contributed by atoms with van der Waals surface area (Å²) in [7, 11) is 1.67. The quantitative estimate of drug-likeness (QED) is 0.310. The molecule has 0 saturated carbocycles. The second-order valence-corrected chi connectivity index (χ2v) is 9.61. The number of methoxy groups -OCH3 is 1. The van der Waals surface area contributed by atoms with E-state index in [9.17, 15) is 0 Å². The molecule has 4 aromatic rings. The van der Waals surface area contributed by atoms with E-state index in [0.717, 1.165) is 44.8 Å². The number of rotatable bonds is 5. The summed E-state index contributed by atoms with van der Waals surface area (Å²) in [5.41, 5.74) is 7.64. The highest BCUT2D eigenvalue weighted by Gasteiger charge is 2.42. The van der Waals surface area contributed by atoms with Crippen LogP contribution in [0.3, 0.4) is 0 Å². The van der Waals surface area contributed by atoms with Crippen LogP contribution in [0.2, 0.25) is 5.02 Å². The average Bonchev–Trinajstić information content (AvgIpc) is 3.36. The van der Waals surface area contributed by atoms with Gasteiger partial charge in [0.2, 0.25) is 0 Å². The molecule has 1 aliphatic heterocycles. The Hall–Kier alpha value is -3.35. The molecule has 0 aliphatic carbocycles. The Bertz CT molecular complexity index is 1380. The Labute approximate surface area is 216 Å². The minimum atomic E-state index is -0.111. The lowest BCUT2D eigenvalue weighted by Crippen LogP contribution is -2.29. The lowest BCUT2D eigenvalue weighted by atomic mass is 9.96. The van der Waals surface area contributed by atoms with Gasteiger partial charge in [-0.2, -0.15) is 0 Å². The van der Waals surface area contributed by atoms with Crippen LogP contribution in [0, 0.1) is 20.8 Å². The Kier molecular flexibility index (Phi) is 6.26. The number of halogens is 1. The van der Waals surface area contributed by atoms with E-state index in [4.69, 9.17) is 28.6 Å². The third-order valence-corrected chi connectivity index (χ3v) is 7.20. The fourth-order valence-electron chi connectivity index (χ4n) is 4.97. The molecular weight excluding hydrogens is 476 g/mol. The number of thiocarbonyl (C=S) groups is 1. The fraction of sp³-hybridized carbons (Fsp3) is 0.214. The van der Waals surface area contributed by atoms with Crippen LogP contribution in [0.15, 0.2) is 72.9 Å². The zero-order valence-corrected chi connectivity index (χ0v) is 21.7. The molecule has 178 valence electrons. The zero-order valence-electron chi connectivity index (χ0n) is 20.1. The first-order chi connectivity index (χ1) is 16.9. The molecule has 2 unspecified atom stereocenters. The van der Waals surface area contributed by atoms with Crippen molar-refractivity contribution in [3.05, 3.63) is 106 Å². The van der Waals surface area contributed by atoms with E-state index in [1.807, 2.05) is 60.8 Å². The van der Waals surface area contributed by atoms with Crippen molar-refractivity contribution in [3.8, 4) is 11.4 Å². The van der Waals surface area contributed by atoms with Gasteiger partial charge in [-0.25, -0.2) is 0 Å². The normalized spacial score (nSPS) is 17.5. The second-order valence-electron chi connectivity index (χ2n) is 8.79. The van der Waals surface area contributed by atoms with Gasteiger partial charge in [0.15, 0.2) is 5.11 Å². The second kappa shape index (κ2) is 9.36. The number of anilines is 1. The average molecular weight is 503 g/mol. The third kappa shape index (κ3) is 4.17. The highest BCUT2D eigenvalue weighted by Crippen LogP contribution is 2.44. The Morgan fingerprint density at radius 2 is 1.77 bits per heavy atom. The number of hydrogen-bond donors (Lipinski definition) is 1. The summed E-state index contributed by atoms with van der Waals surface area (Å²) in [5, 5.41) is 4.93. The molecule has 1 fully saturated rings. The number of ether oxygens (including phenoxy) is 1. The van der Waals surface area contributed by atoms with Crippen LogP contribution in [0.4, 0.5) is 5.69 Å². The van der Waals surface area contributed by atoms with Crippen molar-refractivity contribution in [1.82, 2.24) is 14.9 Å². The number of nitrogens with zero attached hydrogens (tertiary/aromatic N) is 3. The Morgan fingerprint density at radius 1 is 1.00 bits per heavy atom. The van der Waals surface area contributed by atoms with E-state index in [-0.39, 0.29) is 12.1 Å². The summed E-state index contributed by atoms with van der Waals surface area (Å²) in [5.74, 6) is 0.805. The minimum Gasteiger partial charge on any atom is -0.497 e. The van der Waals surface area contributed by atoms with Gasteiger partial charge in [0.25, 0.3) is 0 Å². The Balaban J connectivity index is 1.68. The van der Waals surface area contributed by atoms with Gasteiger partial charge in [-0.1, -0.05) is 23.7 Å². The summed E-state index contributed by atoms with van der Waals surface area (Å²) >= 11 is 12.3. The van der Waals surface area contributed by atoms with Crippen molar-refractivity contribution >= 4 is 34.6 Å². The van der Waals surface area contributed by atoms with E-state index < -0.39 is 0 Å². The minimum absolute atomic E-state index is 0.0924. The molecule has 7 heteroatoms. The van der Waals surface area contributed by atoms with Crippen LogP contribution in [-0.2, 0) is 0 Å². The fourth-order valence-corrected chi connectivity index (χ4v) is 5.49. The first-order valence-electron chi connectivity index (χ1n) is 11.5. The maximum atomic E-state index is 6.39. The van der Waals surface area contributed by atoms with Crippen LogP contribution in [-0.4, -0.2) is 21.8 Å². The third-order valence-electron chi connectivity index (χ3n) is 6.65. The van der Waals surface area contributed by atoms with Gasteiger partial charge in [-0.05, 0) is 98.7 Å². The first-order valence-corrected chi connectivity index (χ1v) is 12.3. The molecule has 0 radical (unpaired) electrons. The summed E-state index contributed by atoms with van der Waals surface area (Å²) in [6, 6.07) is 22.1. The molecule has 0 bridgehead atoms. The highest BCUT2D eigenvalue weighted by molar-refractivity contribution is 7.80. The summed E-state index contributed by atoms with van der Waals surface area (Å²) < 4.78 is 7.65. The smallest absolute Gasteiger partial charge is 0.174 e. The maximum absolute atomic E-state index is 6.39. The lowest BCUT2D eigenvalue weighted by molar-refractivity contribution is 0.415. The molecular formula is C28H27ClN4OS. The number of benzene rings is 2. The maximum Gasteiger partial charge on any atom is 0.174 e. The summed E-state index contributed by atoms with van der Waals surface area (Å²) in [4.78, 5) is 6.86. The molecule has 2 atom stereocenters. The van der Waals surface area contributed by atoms with E-state index in [1.54, 1.807) is 7.11 Å². The summed E-state index contributed by atoms with van der Waals surface area (Å²) in [6.07, 6.45) is 1.83. The molecule has 1 aliphatic rings. The van der Waals surface area contributed by atoms with Gasteiger partial charge < -0.3 is 19.5 Å². The van der Waals surface area contributed by atoms with Gasteiger partial charge in [-0.15, -0.1) is 0 Å². The topological polar surface area (TPSA) is 42.3 Å². The number of nitrogens with one attached hydrogen (secondary N) is 1. The van der Waals surface area contributed by atoms with Crippen molar-refractivity contribution in [3.63, 3.8) is 0 Å². The van der Waals surface area contributed by atoms with E-state index >= 15 is 0 Å². The van der Waals surface area contributed by atoms with Crippen molar-refractivity contribution in [2.75, 3.05) is 12.0 Å². The lowest BCUT2D eigenvalue weighted by Gasteiger charge is -2.28. The molecule has 2 aromatic carbocycles. The van der Waals surface area contributed by atoms with Crippen LogP contribution in [0.25, 0.3) is 5.69 Å².